The van der Waals surface area contributed by atoms with Crippen LogP contribution < -0.4 is 33.9 Å². The Morgan fingerprint density at radius 3 is 2.39 bits per heavy atom. The molecule has 0 saturated heterocycles. The lowest BCUT2D eigenvalue weighted by Crippen LogP contribution is -3.00. The van der Waals surface area contributed by atoms with E-state index in [2.05, 4.69) is 43.5 Å². The fraction of sp³-hybridized carbons (Fsp3) is 0.143. The van der Waals surface area contributed by atoms with Gasteiger partial charge in [-0.2, -0.15) is 4.98 Å². The molecule has 0 bridgehead atoms. The van der Waals surface area contributed by atoms with Gasteiger partial charge >= 0.3 is 5.65 Å². The molecule has 0 spiro atoms. The number of hydrogen-bond acceptors (Lipinski definition) is 3. The highest BCUT2D eigenvalue weighted by Gasteiger charge is 2.22. The van der Waals surface area contributed by atoms with E-state index in [9.17, 15) is 4.79 Å². The van der Waals surface area contributed by atoms with Gasteiger partial charge in [-0.05, 0) is 24.6 Å². The number of fused-ring (bicyclic) bond motifs is 1. The summed E-state index contributed by atoms with van der Waals surface area (Å²) in [5.41, 5.74) is 3.39. The van der Waals surface area contributed by atoms with Crippen LogP contribution in [0.4, 0.5) is 5.82 Å². The zero-order chi connectivity index (χ0) is 18.6. The molecule has 0 unspecified atom stereocenters. The smallest absolute Gasteiger partial charge is 0.307 e. The van der Waals surface area contributed by atoms with Crippen molar-refractivity contribution >= 4 is 22.9 Å². The van der Waals surface area contributed by atoms with Crippen molar-refractivity contribution in [2.45, 2.75) is 20.0 Å². The molecule has 0 aliphatic heterocycles. The number of nitrogens with one attached hydrogen (secondary N) is 1. The minimum absolute atomic E-state index is 0. The highest BCUT2D eigenvalue weighted by molar-refractivity contribution is 6.06. The average molecular weight is 485 g/mol. The van der Waals surface area contributed by atoms with E-state index in [1.54, 1.807) is 12.1 Å². The molecule has 2 heterocycles. The molecule has 2 aromatic heterocycles. The third kappa shape index (κ3) is 4.04. The van der Waals surface area contributed by atoms with Crippen molar-refractivity contribution in [1.29, 1.82) is 0 Å². The Hall–Kier alpha value is -2.81. The van der Waals surface area contributed by atoms with Crippen molar-refractivity contribution in [1.82, 2.24) is 14.5 Å². The van der Waals surface area contributed by atoms with Gasteiger partial charge in [0, 0.05) is 5.56 Å². The molecular weight excluding hydrogens is 465 g/mol. The molecule has 0 aliphatic rings. The summed E-state index contributed by atoms with van der Waals surface area (Å²) in [6.07, 6.45) is 3.51. The summed E-state index contributed by atoms with van der Waals surface area (Å²) in [5.74, 6) is 0.330. The van der Waals surface area contributed by atoms with Crippen LogP contribution in [-0.4, -0.2) is 20.4 Å². The molecule has 28 heavy (non-hydrogen) atoms. The first-order valence-electron chi connectivity index (χ1n) is 8.90. The van der Waals surface area contributed by atoms with Gasteiger partial charge in [-0.1, -0.05) is 53.5 Å². The molecule has 142 valence electrons. The number of amides is 1. The molecule has 7 heteroatoms. The van der Waals surface area contributed by atoms with Crippen LogP contribution >= 0.6 is 0 Å². The normalized spacial score (nSPS) is 10.5. The quantitative estimate of drug-likeness (QED) is 0.321. The Morgan fingerprint density at radius 1 is 1.04 bits per heavy atom. The number of nitrogens with zero attached hydrogens (tertiary/aromatic N) is 4. The van der Waals surface area contributed by atoms with Crippen molar-refractivity contribution in [3.05, 3.63) is 84.4 Å². The van der Waals surface area contributed by atoms with Crippen molar-refractivity contribution in [2.24, 2.45) is 0 Å². The van der Waals surface area contributed by atoms with Gasteiger partial charge in [-0.3, -0.25) is 9.36 Å². The number of aryl methyl sites for hydroxylation is 1. The molecule has 6 nitrogen and oxygen atoms in total. The van der Waals surface area contributed by atoms with Crippen molar-refractivity contribution in [3.63, 3.8) is 0 Å². The van der Waals surface area contributed by atoms with E-state index >= 15 is 0 Å². The van der Waals surface area contributed by atoms with Crippen LogP contribution in [0.1, 0.15) is 22.8 Å². The maximum absolute atomic E-state index is 12.6. The summed E-state index contributed by atoms with van der Waals surface area (Å²) < 4.78 is 4.13. The fourth-order valence-corrected chi connectivity index (χ4v) is 3.12. The Kier molecular flexibility index (Phi) is 6.35. The van der Waals surface area contributed by atoms with E-state index in [1.165, 1.54) is 11.9 Å². The molecule has 1 N–H and O–H groups in total. The van der Waals surface area contributed by atoms with Crippen molar-refractivity contribution in [2.75, 3.05) is 5.32 Å². The molecule has 0 atom stereocenters. The SMILES string of the molecule is CCn1c[n+](Cc2ccccc2)c2ncnc(NC(=O)c3ccccc3)c21.[I-]. The van der Waals surface area contributed by atoms with Gasteiger partial charge in [0.05, 0.1) is 13.1 Å². The highest BCUT2D eigenvalue weighted by atomic mass is 127. The Balaban J connectivity index is 0.00000225. The summed E-state index contributed by atoms with van der Waals surface area (Å²) in [6, 6.07) is 19.3. The van der Waals surface area contributed by atoms with Gasteiger partial charge in [-0.25, -0.2) is 4.57 Å². The third-order valence-corrected chi connectivity index (χ3v) is 4.45. The van der Waals surface area contributed by atoms with Crippen LogP contribution in [0.5, 0.6) is 0 Å². The predicted octanol–water partition coefficient (Wildman–Crippen LogP) is 0.0433. The van der Waals surface area contributed by atoms with Crippen LogP contribution in [-0.2, 0) is 13.1 Å². The van der Waals surface area contributed by atoms with Crippen LogP contribution in [0.3, 0.4) is 0 Å². The second-order valence-corrected chi connectivity index (χ2v) is 6.23. The van der Waals surface area contributed by atoms with Crippen molar-refractivity contribution < 1.29 is 33.3 Å². The molecule has 1 amide bonds. The molecule has 0 saturated carbocycles. The molecular formula is C21H20IN5O. The molecule has 4 rings (SSSR count). The standard InChI is InChI=1S/C21H19N5O.HI/c1-2-25-15-26(13-16-9-5-3-6-10-16)20-18(25)19(22-14-23-20)24-21(27)17-11-7-4-8-12-17;/h3-12,14-15H,2,13H2,1H3;1H. The van der Waals surface area contributed by atoms with Crippen LogP contribution in [0.2, 0.25) is 0 Å². The van der Waals surface area contributed by atoms with E-state index in [0.717, 1.165) is 17.7 Å². The zero-order valence-electron chi connectivity index (χ0n) is 15.4. The first-order valence-corrected chi connectivity index (χ1v) is 8.90. The number of hydrogen-bond donors (Lipinski definition) is 1. The van der Waals surface area contributed by atoms with E-state index in [-0.39, 0.29) is 29.9 Å². The van der Waals surface area contributed by atoms with E-state index in [4.69, 9.17) is 0 Å². The number of benzene rings is 2. The van der Waals surface area contributed by atoms with Gasteiger partial charge in [0.15, 0.2) is 18.5 Å². The highest BCUT2D eigenvalue weighted by Crippen LogP contribution is 2.19. The molecule has 0 fully saturated rings. The van der Waals surface area contributed by atoms with Gasteiger partial charge in [-0.15, -0.1) is 0 Å². The van der Waals surface area contributed by atoms with Gasteiger partial charge in [0.1, 0.15) is 0 Å². The molecule has 0 aliphatic carbocycles. The number of imidazole rings is 1. The predicted molar refractivity (Wildman–Crippen MR) is 103 cm³/mol. The topological polar surface area (TPSA) is 63.7 Å². The lowest BCUT2D eigenvalue weighted by molar-refractivity contribution is -0.665. The molecule has 2 aromatic carbocycles. The maximum Gasteiger partial charge on any atom is 0.307 e. The van der Waals surface area contributed by atoms with E-state index < -0.39 is 0 Å². The number of aromatic nitrogens is 4. The first kappa shape index (κ1) is 19.9. The monoisotopic (exact) mass is 485 g/mol. The van der Waals surface area contributed by atoms with Gasteiger partial charge in [0.2, 0.25) is 5.52 Å². The molecule has 4 aromatic rings. The van der Waals surface area contributed by atoms with Crippen molar-refractivity contribution in [3.8, 4) is 0 Å². The van der Waals surface area contributed by atoms with Crippen LogP contribution in [0, 0.1) is 0 Å². The summed E-state index contributed by atoms with van der Waals surface area (Å²) >= 11 is 0. The maximum atomic E-state index is 12.6. The summed E-state index contributed by atoms with van der Waals surface area (Å²) in [5, 5.41) is 2.93. The Labute approximate surface area is 180 Å². The largest absolute Gasteiger partial charge is 1.00 e. The first-order chi connectivity index (χ1) is 13.3. The van der Waals surface area contributed by atoms with Gasteiger partial charge < -0.3 is 29.3 Å². The lowest BCUT2D eigenvalue weighted by atomic mass is 10.2. The summed E-state index contributed by atoms with van der Waals surface area (Å²) in [7, 11) is 0. The molecule has 0 radical (unpaired) electrons. The van der Waals surface area contributed by atoms with E-state index in [0.29, 0.717) is 17.9 Å². The lowest BCUT2D eigenvalue weighted by Gasteiger charge is -2.04. The van der Waals surface area contributed by atoms with Crippen LogP contribution in [0.25, 0.3) is 11.2 Å². The third-order valence-electron chi connectivity index (χ3n) is 4.45. The number of anilines is 1. The summed E-state index contributed by atoms with van der Waals surface area (Å²) in [6.45, 7) is 3.51. The zero-order valence-corrected chi connectivity index (χ0v) is 17.6. The minimum Gasteiger partial charge on any atom is -1.00 e. The Bertz CT molecular complexity index is 1080. The van der Waals surface area contributed by atoms with Gasteiger partial charge in [0.25, 0.3) is 5.91 Å². The van der Waals surface area contributed by atoms with Crippen LogP contribution in [0.15, 0.2) is 73.3 Å². The second kappa shape index (κ2) is 8.92. The fourth-order valence-electron chi connectivity index (χ4n) is 3.12. The Morgan fingerprint density at radius 2 is 1.71 bits per heavy atom. The number of halogens is 1. The van der Waals surface area contributed by atoms with E-state index in [1.807, 2.05) is 42.7 Å². The number of rotatable bonds is 5. The summed E-state index contributed by atoms with van der Waals surface area (Å²) in [4.78, 5) is 21.4. The minimum atomic E-state index is -0.186. The second-order valence-electron chi connectivity index (χ2n) is 6.23. The number of carbonyl (C=O) groups excluding carboxylic acids is 1. The average Bonchev–Trinajstić information content (AvgIpc) is 3.08. The number of carbonyl (C=O) groups is 1.